The smallest absolute Gasteiger partial charge is 0.338 e. The topological polar surface area (TPSA) is 121 Å². The van der Waals surface area contributed by atoms with Crippen LogP contribution in [-0.4, -0.2) is 13.1 Å². The van der Waals surface area contributed by atoms with Gasteiger partial charge >= 0.3 is 5.97 Å². The van der Waals surface area contributed by atoms with Gasteiger partial charge in [-0.05, 0) is 50.6 Å². The van der Waals surface area contributed by atoms with E-state index in [0.29, 0.717) is 43.8 Å². The Kier molecular flexibility index (Phi) is 8.40. The van der Waals surface area contributed by atoms with Crippen LogP contribution in [0.4, 0.5) is 0 Å². The molecule has 2 aliphatic carbocycles. The summed E-state index contributed by atoms with van der Waals surface area (Å²) in [6, 6.07) is 33.4. The van der Waals surface area contributed by atoms with E-state index in [4.69, 9.17) is 4.74 Å². The Morgan fingerprint density at radius 1 is 0.707 bits per heavy atom. The molecule has 0 unspecified atom stereocenters. The lowest BCUT2D eigenvalue weighted by atomic mass is 9.86. The third-order valence-electron chi connectivity index (χ3n) is 6.84. The normalized spacial score (nSPS) is 10.0. The van der Waals surface area contributed by atoms with Gasteiger partial charge in [0.1, 0.15) is 35.4 Å². The Morgan fingerprint density at radius 3 is 1.90 bits per heavy atom. The Morgan fingerprint density at radius 2 is 1.34 bits per heavy atom. The van der Waals surface area contributed by atoms with Crippen LogP contribution in [-0.2, 0) is 4.74 Å². The molecule has 6 heteroatoms. The van der Waals surface area contributed by atoms with Crippen LogP contribution in [0.1, 0.15) is 46.8 Å². The molecule has 2 aromatic carbocycles. The molecule has 4 rings (SSSR count). The summed E-state index contributed by atoms with van der Waals surface area (Å²) in [7, 11) is 1.33. The molecule has 6 nitrogen and oxygen atoms in total. The van der Waals surface area contributed by atoms with E-state index in [1.54, 1.807) is 30.3 Å². The third kappa shape index (κ3) is 5.46. The standard InChI is InChI=1S/C35H24N4O2/c1-22(2)26-10-7-11-29-30(16-26)32(35(40)41-3)17-31(29)34(25-14-12-23(13-15-25)27(18-36)19-37)33(28(20-38)21-39)24-8-5-4-6-9-24/h4-17,22H,1-3H3. The summed E-state index contributed by atoms with van der Waals surface area (Å²) >= 11 is 0. The molecule has 196 valence electrons. The second kappa shape index (κ2) is 12.3. The van der Waals surface area contributed by atoms with Gasteiger partial charge in [0, 0.05) is 10.8 Å². The fraction of sp³-hybridized carbons (Fsp3) is 0.114. The van der Waals surface area contributed by atoms with E-state index < -0.39 is 5.97 Å². The van der Waals surface area contributed by atoms with Gasteiger partial charge in [0.25, 0.3) is 0 Å². The van der Waals surface area contributed by atoms with Gasteiger partial charge in [0.2, 0.25) is 0 Å². The number of rotatable bonds is 5. The van der Waals surface area contributed by atoms with Crippen LogP contribution >= 0.6 is 0 Å². The van der Waals surface area contributed by atoms with Crippen molar-refractivity contribution in [2.24, 2.45) is 0 Å². The second-order valence-corrected chi connectivity index (χ2v) is 9.51. The van der Waals surface area contributed by atoms with Gasteiger partial charge in [-0.3, -0.25) is 0 Å². The van der Waals surface area contributed by atoms with Gasteiger partial charge in [-0.15, -0.1) is 0 Å². The average Bonchev–Trinajstić information content (AvgIpc) is 3.19. The molecule has 0 aliphatic heterocycles. The zero-order valence-electron chi connectivity index (χ0n) is 22.8. The number of ether oxygens (including phenoxy) is 1. The minimum Gasteiger partial charge on any atom is -0.465 e. The van der Waals surface area contributed by atoms with Crippen molar-refractivity contribution in [1.29, 1.82) is 21.0 Å². The molecule has 2 aromatic rings. The molecule has 0 saturated carbocycles. The quantitative estimate of drug-likeness (QED) is 0.244. The van der Waals surface area contributed by atoms with E-state index in [1.807, 2.05) is 66.7 Å². The highest BCUT2D eigenvalue weighted by Gasteiger charge is 2.27. The monoisotopic (exact) mass is 532 g/mol. The molecule has 0 N–H and O–H groups in total. The van der Waals surface area contributed by atoms with Gasteiger partial charge in [-0.1, -0.05) is 92.7 Å². The number of carbonyl (C=O) groups is 1. The summed E-state index contributed by atoms with van der Waals surface area (Å²) in [5.74, 6) is -0.315. The zero-order chi connectivity index (χ0) is 29.5. The first kappa shape index (κ1) is 28.1. The van der Waals surface area contributed by atoms with Gasteiger partial charge in [0.15, 0.2) is 0 Å². The maximum Gasteiger partial charge on any atom is 0.338 e. The maximum atomic E-state index is 13.0. The Labute approximate surface area is 238 Å². The molecular weight excluding hydrogens is 508 g/mol. The Balaban J connectivity index is 2.25. The number of carbonyl (C=O) groups excluding carboxylic acids is 1. The maximum absolute atomic E-state index is 13.0. The zero-order valence-corrected chi connectivity index (χ0v) is 22.8. The minimum absolute atomic E-state index is 0.0355. The number of nitrogens with zero attached hydrogens (tertiary/aromatic N) is 4. The highest BCUT2D eigenvalue weighted by atomic mass is 16.5. The van der Waals surface area contributed by atoms with Crippen LogP contribution in [0.2, 0.25) is 0 Å². The number of hydrogen-bond donors (Lipinski definition) is 0. The highest BCUT2D eigenvalue weighted by Crippen LogP contribution is 2.42. The van der Waals surface area contributed by atoms with Gasteiger partial charge < -0.3 is 4.74 Å². The first-order chi connectivity index (χ1) is 19.9. The van der Waals surface area contributed by atoms with Crippen molar-refractivity contribution in [2.75, 3.05) is 7.11 Å². The van der Waals surface area contributed by atoms with Gasteiger partial charge in [0.05, 0.1) is 12.7 Å². The summed E-state index contributed by atoms with van der Waals surface area (Å²) < 4.78 is 5.15. The number of nitriles is 4. The fourth-order valence-electron chi connectivity index (χ4n) is 4.79. The van der Waals surface area contributed by atoms with Crippen LogP contribution in [0.25, 0.3) is 27.8 Å². The molecule has 2 aliphatic rings. The van der Waals surface area contributed by atoms with E-state index in [1.165, 1.54) is 7.11 Å². The third-order valence-corrected chi connectivity index (χ3v) is 6.84. The molecule has 0 bridgehead atoms. The van der Waals surface area contributed by atoms with E-state index in [9.17, 15) is 25.8 Å². The lowest BCUT2D eigenvalue weighted by molar-refractivity contribution is 0.0602. The van der Waals surface area contributed by atoms with Crippen molar-refractivity contribution in [3.8, 4) is 35.4 Å². The SMILES string of the molecule is COC(=O)c1cc(C(C(=C(C#N)C#N)c2ccccc2)=c2ccc(=C(C#N)C#N)cc2)c2cccc(C(C)C)cc1-2. The molecule has 0 radical (unpaired) electrons. The van der Waals surface area contributed by atoms with E-state index in [2.05, 4.69) is 26.0 Å². The predicted octanol–water partition coefficient (Wildman–Crippen LogP) is 5.60. The molecule has 0 atom stereocenters. The molecule has 0 amide bonds. The average molecular weight is 533 g/mol. The van der Waals surface area contributed by atoms with Crippen LogP contribution < -0.4 is 10.4 Å². The number of benzene rings is 2. The predicted molar refractivity (Wildman–Crippen MR) is 156 cm³/mol. The summed E-state index contributed by atoms with van der Waals surface area (Å²) in [5.41, 5.74) is 4.88. The number of hydrogen-bond acceptors (Lipinski definition) is 6. The number of fused-ring (bicyclic) bond motifs is 1. The molecule has 0 fully saturated rings. The van der Waals surface area contributed by atoms with E-state index >= 15 is 0 Å². The van der Waals surface area contributed by atoms with Crippen molar-refractivity contribution in [3.05, 3.63) is 123 Å². The van der Waals surface area contributed by atoms with Crippen molar-refractivity contribution >= 4 is 22.7 Å². The van der Waals surface area contributed by atoms with Crippen LogP contribution in [0.15, 0.2) is 90.5 Å². The number of allylic oxidation sites excluding steroid dienone is 2. The van der Waals surface area contributed by atoms with Crippen LogP contribution in [0, 0.1) is 45.3 Å². The summed E-state index contributed by atoms with van der Waals surface area (Å²) in [5, 5.41) is 39.9. The van der Waals surface area contributed by atoms with Crippen molar-refractivity contribution in [3.63, 3.8) is 0 Å². The Bertz CT molecular complexity index is 1900. The largest absolute Gasteiger partial charge is 0.465 e. The first-order valence-electron chi connectivity index (χ1n) is 12.8. The van der Waals surface area contributed by atoms with Gasteiger partial charge in [-0.25, -0.2) is 4.79 Å². The number of methoxy groups -OCH3 is 1. The van der Waals surface area contributed by atoms with E-state index in [0.717, 1.165) is 11.1 Å². The van der Waals surface area contributed by atoms with Crippen molar-refractivity contribution in [1.82, 2.24) is 0 Å². The first-order valence-corrected chi connectivity index (χ1v) is 12.8. The molecule has 0 spiro atoms. The fourth-order valence-corrected chi connectivity index (χ4v) is 4.79. The summed E-state index contributed by atoms with van der Waals surface area (Å²) in [6.07, 6.45) is 0. The molecular formula is C35H24N4O2. The van der Waals surface area contributed by atoms with Crippen molar-refractivity contribution < 1.29 is 9.53 Å². The van der Waals surface area contributed by atoms with Crippen LogP contribution in [0.5, 0.6) is 0 Å². The lowest BCUT2D eigenvalue weighted by Gasteiger charge is -2.15. The highest BCUT2D eigenvalue weighted by molar-refractivity contribution is 6.13. The number of esters is 1. The van der Waals surface area contributed by atoms with Crippen molar-refractivity contribution in [2.45, 2.75) is 19.8 Å². The molecule has 0 aromatic heterocycles. The summed E-state index contributed by atoms with van der Waals surface area (Å²) in [4.78, 5) is 13.0. The minimum atomic E-state index is -0.509. The second-order valence-electron chi connectivity index (χ2n) is 9.51. The summed E-state index contributed by atoms with van der Waals surface area (Å²) in [6.45, 7) is 4.14. The van der Waals surface area contributed by atoms with Crippen LogP contribution in [0.3, 0.4) is 0 Å². The Hall–Kier alpha value is -5.95. The van der Waals surface area contributed by atoms with E-state index in [-0.39, 0.29) is 17.1 Å². The lowest BCUT2D eigenvalue weighted by Crippen LogP contribution is -2.14. The molecule has 0 saturated heterocycles. The molecule has 0 heterocycles. The molecule has 41 heavy (non-hydrogen) atoms. The van der Waals surface area contributed by atoms with Gasteiger partial charge in [-0.2, -0.15) is 21.0 Å².